The lowest BCUT2D eigenvalue weighted by Gasteiger charge is -2.23. The maximum Gasteiger partial charge on any atom is 0.519 e. The van der Waals surface area contributed by atoms with Gasteiger partial charge in [-0.05, 0) is 64.7 Å². The Hall–Kier alpha value is -4.12. The molecule has 3 heterocycles. The first-order valence-electron chi connectivity index (χ1n) is 12.4. The molecule has 43 heavy (non-hydrogen) atoms. The average molecular weight is 645 g/mol. The molecule has 0 radical (unpaired) electrons. The highest BCUT2D eigenvalue weighted by atomic mass is 32.2. The molecule has 2 aromatic heterocycles. The quantitative estimate of drug-likeness (QED) is 0.218. The number of hydrogen-bond acceptors (Lipinski definition) is 17. The van der Waals surface area contributed by atoms with E-state index in [1.807, 2.05) is 0 Å². The molecular formula is C26H28O15S2. The molecule has 1 aliphatic heterocycles. The summed E-state index contributed by atoms with van der Waals surface area (Å²) in [5, 5.41) is -1.67. The van der Waals surface area contributed by atoms with E-state index < -0.39 is 57.7 Å². The van der Waals surface area contributed by atoms with Gasteiger partial charge < -0.3 is 41.4 Å². The normalized spacial score (nSPS) is 13.7. The lowest BCUT2D eigenvalue weighted by atomic mass is 9.97. The first kappa shape index (κ1) is 33.4. The second kappa shape index (κ2) is 14.4. The minimum Gasteiger partial charge on any atom is -0.457 e. The minimum absolute atomic E-state index is 0.00741. The molecule has 0 amide bonds. The molecule has 17 heteroatoms. The van der Waals surface area contributed by atoms with Crippen molar-refractivity contribution in [3.63, 3.8) is 0 Å². The molecule has 1 aliphatic rings. The number of esters is 1. The first-order chi connectivity index (χ1) is 20.1. The highest BCUT2D eigenvalue weighted by molar-refractivity contribution is 8.15. The van der Waals surface area contributed by atoms with Crippen molar-refractivity contribution in [1.82, 2.24) is 0 Å². The van der Waals surface area contributed by atoms with E-state index in [-0.39, 0.29) is 53.7 Å². The van der Waals surface area contributed by atoms with Crippen LogP contribution in [0.2, 0.25) is 0 Å². The Morgan fingerprint density at radius 1 is 0.814 bits per heavy atom. The topological polar surface area (TPSA) is 201 Å². The number of ketones is 1. The smallest absolute Gasteiger partial charge is 0.457 e. The van der Waals surface area contributed by atoms with Crippen LogP contribution in [0.15, 0.2) is 51.3 Å². The Balaban J connectivity index is 1.61. The van der Waals surface area contributed by atoms with Gasteiger partial charge >= 0.3 is 28.2 Å². The third-order valence-corrected chi connectivity index (χ3v) is 7.68. The van der Waals surface area contributed by atoms with Crippen molar-refractivity contribution in [2.45, 2.75) is 59.0 Å². The molecule has 0 saturated heterocycles. The molecule has 0 aliphatic carbocycles. The number of ether oxygens (including phenoxy) is 5. The molecule has 15 nitrogen and oxygen atoms in total. The molecule has 0 aromatic carbocycles. The molecule has 0 saturated carbocycles. The summed E-state index contributed by atoms with van der Waals surface area (Å²) in [5.41, 5.74) is 0. The van der Waals surface area contributed by atoms with E-state index in [9.17, 15) is 28.8 Å². The van der Waals surface area contributed by atoms with Gasteiger partial charge in [0, 0.05) is 12.2 Å². The summed E-state index contributed by atoms with van der Waals surface area (Å²) in [4.78, 5) is 73.4. The van der Waals surface area contributed by atoms with Crippen LogP contribution >= 0.6 is 23.5 Å². The van der Waals surface area contributed by atoms with Crippen LogP contribution in [0.5, 0.6) is 0 Å². The van der Waals surface area contributed by atoms with Gasteiger partial charge in [0.2, 0.25) is 0 Å². The molecule has 0 unspecified atom stereocenters. The summed E-state index contributed by atoms with van der Waals surface area (Å²) >= 11 is 1.14. The molecule has 1 atom stereocenters. The highest BCUT2D eigenvalue weighted by Crippen LogP contribution is 2.32. The van der Waals surface area contributed by atoms with Crippen molar-refractivity contribution in [3.05, 3.63) is 68.3 Å². The van der Waals surface area contributed by atoms with Crippen molar-refractivity contribution < 1.29 is 60.5 Å². The number of hydrogen-bond donors (Lipinski definition) is 0. The van der Waals surface area contributed by atoms with Crippen LogP contribution < -0.4 is 11.6 Å². The van der Waals surface area contributed by atoms with E-state index in [2.05, 4.69) is 6.58 Å². The van der Waals surface area contributed by atoms with Gasteiger partial charge in [-0.15, -0.1) is 0 Å². The molecule has 0 fully saturated rings. The molecule has 0 N–H and O–H groups in total. The van der Waals surface area contributed by atoms with Crippen molar-refractivity contribution >= 4 is 45.9 Å². The largest absolute Gasteiger partial charge is 0.519 e. The Kier molecular flexibility index (Phi) is 11.2. The van der Waals surface area contributed by atoms with E-state index in [4.69, 9.17) is 41.4 Å². The zero-order valence-corrected chi connectivity index (χ0v) is 25.4. The van der Waals surface area contributed by atoms with E-state index >= 15 is 0 Å². The number of Topliss-reactive ketones (excluding diaryl/α,β-unsaturated/α-hetero) is 1. The fourth-order valence-electron chi connectivity index (χ4n) is 3.29. The molecule has 234 valence electrons. The first-order valence-corrected chi connectivity index (χ1v) is 14.2. The van der Waals surface area contributed by atoms with Crippen molar-refractivity contribution in [2.24, 2.45) is 5.92 Å². The molecule has 0 bridgehead atoms. The zero-order chi connectivity index (χ0) is 31.9. The second-order valence-corrected chi connectivity index (χ2v) is 11.9. The minimum atomic E-state index is -1.37. The maximum absolute atomic E-state index is 13.2. The molecule has 2 aromatic rings. The van der Waals surface area contributed by atoms with Gasteiger partial charge in [0.25, 0.3) is 5.95 Å². The summed E-state index contributed by atoms with van der Waals surface area (Å²) in [6.07, 6.45) is -0.417. The van der Waals surface area contributed by atoms with Crippen LogP contribution in [0.1, 0.15) is 50.2 Å². The number of aryl methyl sites for hydroxylation is 2. The molecule has 0 spiro atoms. The van der Waals surface area contributed by atoms with Crippen LogP contribution in [-0.4, -0.2) is 39.5 Å². The number of allylic oxidation sites excluding steroid dienone is 1. The SMILES string of the molecule is C=C1OC(C)=C(COC(=O)[C@H](CSC(=O)OCc2oc(=O)oc2C)CC(=O)C(C)(C)SC(=O)OCc2oc(=O)oc2C)O1. The maximum atomic E-state index is 13.2. The molecule has 3 rings (SSSR count). The third-order valence-electron chi connectivity index (χ3n) is 5.73. The monoisotopic (exact) mass is 644 g/mol. The van der Waals surface area contributed by atoms with Crippen molar-refractivity contribution in [2.75, 3.05) is 12.4 Å². The van der Waals surface area contributed by atoms with E-state index in [0.717, 1.165) is 0 Å². The summed E-state index contributed by atoms with van der Waals surface area (Å²) in [6.45, 7) is 9.82. The highest BCUT2D eigenvalue weighted by Gasteiger charge is 2.36. The van der Waals surface area contributed by atoms with Gasteiger partial charge in [-0.2, -0.15) is 0 Å². The van der Waals surface area contributed by atoms with Crippen LogP contribution in [0.25, 0.3) is 0 Å². The van der Waals surface area contributed by atoms with Crippen molar-refractivity contribution in [3.8, 4) is 0 Å². The van der Waals surface area contributed by atoms with Gasteiger partial charge in [-0.25, -0.2) is 19.2 Å². The predicted octanol–water partition coefficient (Wildman–Crippen LogP) is 4.48. The standard InChI is InChI=1S/C26H28O15S2/c1-12-17(39-15(4)36-12)8-33-21(28)16(11-42-24(31)34-9-18-13(2)37-22(29)40-18)7-20(27)26(5,6)43-25(32)35-10-19-14(3)38-23(30)41-19/h16H,4,7-11H2,1-3,5-6H3/t16-/m0/s1. The lowest BCUT2D eigenvalue weighted by molar-refractivity contribution is -0.149. The summed E-state index contributed by atoms with van der Waals surface area (Å²) in [6, 6.07) is 0. The Morgan fingerprint density at radius 2 is 1.37 bits per heavy atom. The van der Waals surface area contributed by atoms with Crippen LogP contribution in [-0.2, 0) is 46.5 Å². The Bertz CT molecular complexity index is 1530. The van der Waals surface area contributed by atoms with Crippen LogP contribution in [0, 0.1) is 19.8 Å². The number of rotatable bonds is 13. The average Bonchev–Trinajstić information content (AvgIpc) is 3.54. The zero-order valence-electron chi connectivity index (χ0n) is 23.8. The number of carbonyl (C=O) groups is 4. The second-order valence-electron chi connectivity index (χ2n) is 9.36. The van der Waals surface area contributed by atoms with Gasteiger partial charge in [0.15, 0.2) is 48.6 Å². The fourth-order valence-corrected chi connectivity index (χ4v) is 4.75. The van der Waals surface area contributed by atoms with Gasteiger partial charge in [0.1, 0.15) is 11.5 Å². The van der Waals surface area contributed by atoms with E-state index in [1.165, 1.54) is 27.7 Å². The van der Waals surface area contributed by atoms with Gasteiger partial charge in [0.05, 0.1) is 10.7 Å². The van der Waals surface area contributed by atoms with E-state index in [0.29, 0.717) is 29.3 Å². The number of thioether (sulfide) groups is 2. The third kappa shape index (κ3) is 9.71. The Morgan fingerprint density at radius 3 is 1.86 bits per heavy atom. The summed E-state index contributed by atoms with van der Waals surface area (Å²) in [5.74, 6) is -3.77. The molecular weight excluding hydrogens is 616 g/mol. The van der Waals surface area contributed by atoms with Crippen LogP contribution in [0.4, 0.5) is 9.59 Å². The van der Waals surface area contributed by atoms with Crippen LogP contribution in [0.3, 0.4) is 0 Å². The number of carbonyl (C=O) groups excluding carboxylic acids is 4. The lowest BCUT2D eigenvalue weighted by Crippen LogP contribution is -2.34. The Labute approximate surface area is 251 Å². The summed E-state index contributed by atoms with van der Waals surface area (Å²) in [7, 11) is 0. The van der Waals surface area contributed by atoms with E-state index in [1.54, 1.807) is 6.92 Å². The van der Waals surface area contributed by atoms with Crippen molar-refractivity contribution in [1.29, 1.82) is 0 Å². The van der Waals surface area contributed by atoms with Gasteiger partial charge in [-0.1, -0.05) is 0 Å². The van der Waals surface area contributed by atoms with Gasteiger partial charge in [-0.3, -0.25) is 9.59 Å². The summed E-state index contributed by atoms with van der Waals surface area (Å²) < 4.78 is 43.4. The predicted molar refractivity (Wildman–Crippen MR) is 147 cm³/mol. The fraction of sp³-hybridized carbons (Fsp3) is 0.462.